The first-order valence-electron chi connectivity index (χ1n) is 8.34. The van der Waals surface area contributed by atoms with Gasteiger partial charge in [-0.2, -0.15) is 0 Å². The Labute approximate surface area is 158 Å². The van der Waals surface area contributed by atoms with E-state index in [1.165, 1.54) is 17.6 Å². The Kier molecular flexibility index (Phi) is 4.85. The number of carbonyl (C=O) groups is 2. The van der Waals surface area contributed by atoms with Crippen LogP contribution in [0.4, 0.5) is 5.13 Å². The van der Waals surface area contributed by atoms with Gasteiger partial charge >= 0.3 is 0 Å². The van der Waals surface area contributed by atoms with Crippen molar-refractivity contribution in [3.05, 3.63) is 47.0 Å². The quantitative estimate of drug-likeness (QED) is 0.735. The number of hydrogen-bond donors (Lipinski definition) is 1. The summed E-state index contributed by atoms with van der Waals surface area (Å²) >= 11 is 3.03. The zero-order chi connectivity index (χ0) is 17.9. The summed E-state index contributed by atoms with van der Waals surface area (Å²) in [6.07, 6.45) is 3.04. The third-order valence-corrected chi connectivity index (χ3v) is 5.97. The molecule has 1 fully saturated rings. The van der Waals surface area contributed by atoms with E-state index < -0.39 is 0 Å². The number of nitrogens with zero attached hydrogens (tertiary/aromatic N) is 2. The second-order valence-corrected chi connectivity index (χ2v) is 7.88. The van der Waals surface area contributed by atoms with Crippen LogP contribution in [0.5, 0.6) is 0 Å². The van der Waals surface area contributed by atoms with E-state index >= 15 is 0 Å². The van der Waals surface area contributed by atoms with Crippen LogP contribution < -0.4 is 5.32 Å². The minimum Gasteiger partial charge on any atom is -0.459 e. The second kappa shape index (κ2) is 7.43. The van der Waals surface area contributed by atoms with Crippen molar-refractivity contribution in [3.8, 4) is 10.6 Å². The van der Waals surface area contributed by atoms with Gasteiger partial charge in [0.05, 0.1) is 22.8 Å². The van der Waals surface area contributed by atoms with Gasteiger partial charge in [0.15, 0.2) is 10.9 Å². The molecule has 1 aliphatic heterocycles. The molecule has 0 bridgehead atoms. The van der Waals surface area contributed by atoms with E-state index in [9.17, 15) is 9.59 Å². The number of anilines is 1. The van der Waals surface area contributed by atoms with Crippen LogP contribution in [-0.2, 0) is 4.79 Å². The minimum atomic E-state index is -0.239. The van der Waals surface area contributed by atoms with Crippen molar-refractivity contribution < 1.29 is 14.0 Å². The molecule has 134 valence electrons. The number of aromatic nitrogens is 1. The Hall–Kier alpha value is -2.45. The molecule has 2 amide bonds. The van der Waals surface area contributed by atoms with Crippen LogP contribution in [0.2, 0.25) is 0 Å². The molecule has 1 saturated heterocycles. The van der Waals surface area contributed by atoms with Gasteiger partial charge in [-0.15, -0.1) is 22.7 Å². The topological polar surface area (TPSA) is 75.4 Å². The van der Waals surface area contributed by atoms with E-state index in [2.05, 4.69) is 10.3 Å². The molecule has 1 aliphatic rings. The average Bonchev–Trinajstić information content (AvgIpc) is 3.42. The molecule has 0 radical (unpaired) electrons. The van der Waals surface area contributed by atoms with Gasteiger partial charge in [-0.25, -0.2) is 4.98 Å². The summed E-state index contributed by atoms with van der Waals surface area (Å²) in [4.78, 5) is 32.3. The molecule has 0 spiro atoms. The smallest absolute Gasteiger partial charge is 0.289 e. The Bertz CT molecular complexity index is 887. The average molecular weight is 387 g/mol. The zero-order valence-electron chi connectivity index (χ0n) is 13.9. The van der Waals surface area contributed by atoms with Gasteiger partial charge in [-0.05, 0) is 36.4 Å². The molecule has 4 rings (SSSR count). The van der Waals surface area contributed by atoms with Crippen LogP contribution in [0.15, 0.2) is 45.7 Å². The lowest BCUT2D eigenvalue weighted by atomic mass is 9.97. The third-order valence-electron chi connectivity index (χ3n) is 4.32. The SMILES string of the molecule is O=C(Nc1nc(-c2cccs2)cs1)C1CCCN(C(=O)c2ccco2)C1. The van der Waals surface area contributed by atoms with Crippen molar-refractivity contribution in [2.45, 2.75) is 12.8 Å². The van der Waals surface area contributed by atoms with Crippen LogP contribution in [0.1, 0.15) is 23.4 Å². The summed E-state index contributed by atoms with van der Waals surface area (Å²) in [5.41, 5.74) is 0.874. The van der Waals surface area contributed by atoms with Gasteiger partial charge in [-0.1, -0.05) is 6.07 Å². The summed E-state index contributed by atoms with van der Waals surface area (Å²) < 4.78 is 5.18. The standard InChI is InChI=1S/C18H17N3O3S2/c22-16(20-18-19-13(11-26-18)15-6-3-9-25-15)12-4-1-7-21(10-12)17(23)14-5-2-8-24-14/h2-3,5-6,8-9,11-12H,1,4,7,10H2,(H,19,20,22). The van der Waals surface area contributed by atoms with Crippen LogP contribution in [0.3, 0.4) is 0 Å². The highest BCUT2D eigenvalue weighted by molar-refractivity contribution is 7.16. The molecule has 1 N–H and O–H groups in total. The highest BCUT2D eigenvalue weighted by Gasteiger charge is 2.30. The molecule has 3 aromatic rings. The summed E-state index contributed by atoms with van der Waals surface area (Å²) in [6, 6.07) is 7.32. The number of piperidine rings is 1. The Morgan fingerprint density at radius 3 is 2.96 bits per heavy atom. The van der Waals surface area contributed by atoms with Gasteiger partial charge in [0.2, 0.25) is 5.91 Å². The number of carbonyl (C=O) groups excluding carboxylic acids is 2. The molecule has 0 saturated carbocycles. The fourth-order valence-corrected chi connectivity index (χ4v) is 4.48. The van der Waals surface area contributed by atoms with Gasteiger partial charge in [0, 0.05) is 18.5 Å². The summed E-state index contributed by atoms with van der Waals surface area (Å²) in [6.45, 7) is 1.04. The predicted octanol–water partition coefficient (Wildman–Crippen LogP) is 3.96. The highest BCUT2D eigenvalue weighted by atomic mass is 32.1. The molecule has 6 nitrogen and oxygen atoms in total. The van der Waals surface area contributed by atoms with Crippen LogP contribution >= 0.6 is 22.7 Å². The van der Waals surface area contributed by atoms with Gasteiger partial charge in [-0.3, -0.25) is 9.59 Å². The van der Waals surface area contributed by atoms with Crippen molar-refractivity contribution in [2.75, 3.05) is 18.4 Å². The molecule has 1 atom stereocenters. The summed E-state index contributed by atoms with van der Waals surface area (Å²) in [7, 11) is 0. The van der Waals surface area contributed by atoms with E-state index in [0.717, 1.165) is 23.4 Å². The maximum absolute atomic E-state index is 12.6. The fraction of sp³-hybridized carbons (Fsp3) is 0.278. The molecule has 3 aromatic heterocycles. The molecule has 0 aliphatic carbocycles. The summed E-state index contributed by atoms with van der Waals surface area (Å²) in [5, 5.41) is 7.43. The Balaban J connectivity index is 1.39. The largest absolute Gasteiger partial charge is 0.459 e. The lowest BCUT2D eigenvalue weighted by molar-refractivity contribution is -0.121. The normalized spacial score (nSPS) is 17.2. The van der Waals surface area contributed by atoms with Gasteiger partial charge < -0.3 is 14.6 Å². The number of furan rings is 1. The number of hydrogen-bond acceptors (Lipinski definition) is 6. The number of amides is 2. The molecular formula is C18H17N3O3S2. The van der Waals surface area contributed by atoms with Crippen molar-refractivity contribution in [2.24, 2.45) is 5.92 Å². The maximum atomic E-state index is 12.6. The molecule has 1 unspecified atom stereocenters. The van der Waals surface area contributed by atoms with E-state index in [4.69, 9.17) is 4.42 Å². The highest BCUT2D eigenvalue weighted by Crippen LogP contribution is 2.29. The number of thiophene rings is 1. The lowest BCUT2D eigenvalue weighted by Gasteiger charge is -2.31. The number of nitrogens with one attached hydrogen (secondary N) is 1. The van der Waals surface area contributed by atoms with Gasteiger partial charge in [0.25, 0.3) is 5.91 Å². The van der Waals surface area contributed by atoms with Crippen molar-refractivity contribution in [1.29, 1.82) is 0 Å². The van der Waals surface area contributed by atoms with Crippen LogP contribution in [0.25, 0.3) is 10.6 Å². The van der Waals surface area contributed by atoms with Crippen molar-refractivity contribution in [3.63, 3.8) is 0 Å². The minimum absolute atomic E-state index is 0.0889. The monoisotopic (exact) mass is 387 g/mol. The first kappa shape index (κ1) is 17.0. The van der Waals surface area contributed by atoms with E-state index in [1.807, 2.05) is 22.9 Å². The van der Waals surface area contributed by atoms with Gasteiger partial charge in [0.1, 0.15) is 0 Å². The van der Waals surface area contributed by atoms with E-state index in [0.29, 0.717) is 24.0 Å². The van der Waals surface area contributed by atoms with E-state index in [-0.39, 0.29) is 17.7 Å². The summed E-state index contributed by atoms with van der Waals surface area (Å²) in [5.74, 6) is -0.181. The Morgan fingerprint density at radius 1 is 1.27 bits per heavy atom. The fourth-order valence-electron chi connectivity index (χ4n) is 3.01. The lowest BCUT2D eigenvalue weighted by Crippen LogP contribution is -2.43. The first-order chi connectivity index (χ1) is 12.7. The second-order valence-electron chi connectivity index (χ2n) is 6.07. The molecule has 4 heterocycles. The molecule has 8 heteroatoms. The van der Waals surface area contributed by atoms with Crippen molar-refractivity contribution in [1.82, 2.24) is 9.88 Å². The first-order valence-corrected chi connectivity index (χ1v) is 10.1. The molecular weight excluding hydrogens is 370 g/mol. The molecule has 0 aromatic carbocycles. The van der Waals surface area contributed by atoms with Crippen molar-refractivity contribution >= 4 is 39.6 Å². The number of likely N-dealkylation sites (tertiary alicyclic amines) is 1. The predicted molar refractivity (Wildman–Crippen MR) is 101 cm³/mol. The van der Waals surface area contributed by atoms with E-state index in [1.54, 1.807) is 28.4 Å². The Morgan fingerprint density at radius 2 is 2.19 bits per heavy atom. The van der Waals surface area contributed by atoms with Crippen LogP contribution in [0, 0.1) is 5.92 Å². The maximum Gasteiger partial charge on any atom is 0.289 e. The van der Waals surface area contributed by atoms with Crippen LogP contribution in [-0.4, -0.2) is 34.8 Å². The number of thiazole rings is 1. The number of rotatable bonds is 4. The third kappa shape index (κ3) is 3.56. The zero-order valence-corrected chi connectivity index (χ0v) is 15.5. The molecule has 26 heavy (non-hydrogen) atoms.